The molecule has 4 N–H and O–H groups in total. The molecule has 0 aromatic heterocycles. The monoisotopic (exact) mass is 258 g/mol. The molecule has 0 bridgehead atoms. The van der Waals surface area contributed by atoms with Gasteiger partial charge in [0.15, 0.2) is 5.11 Å². The van der Waals surface area contributed by atoms with Crippen LogP contribution in [0.4, 0.5) is 0 Å². The molecule has 0 aromatic rings. The molecular formula is C5H10N2O4SZn. The van der Waals surface area contributed by atoms with Crippen molar-refractivity contribution in [1.82, 2.24) is 0 Å². The second-order valence-electron chi connectivity index (χ2n) is 1.39. The second-order valence-corrected chi connectivity index (χ2v) is 1.86. The summed E-state index contributed by atoms with van der Waals surface area (Å²) < 4.78 is 0. The largest absolute Gasteiger partial charge is 2.00 e. The minimum Gasteiger partial charge on any atom is -0.550 e. The molecule has 0 rings (SSSR count). The van der Waals surface area contributed by atoms with Gasteiger partial charge in [-0.15, -0.1) is 0 Å². The zero-order chi connectivity index (χ0) is 10.7. The van der Waals surface area contributed by atoms with E-state index in [2.05, 4.69) is 23.7 Å². The van der Waals surface area contributed by atoms with Crippen molar-refractivity contribution >= 4 is 29.3 Å². The molecule has 0 spiro atoms. The first-order valence-electron chi connectivity index (χ1n) is 2.60. The van der Waals surface area contributed by atoms with E-state index in [1.807, 2.05) is 0 Å². The molecule has 0 aliphatic rings. The van der Waals surface area contributed by atoms with Crippen LogP contribution in [0.1, 0.15) is 13.8 Å². The normalized spacial score (nSPS) is 5.69. The molecule has 0 saturated heterocycles. The van der Waals surface area contributed by atoms with Crippen molar-refractivity contribution in [2.75, 3.05) is 0 Å². The number of nitrogens with two attached hydrogens (primary N) is 2. The average Bonchev–Trinajstić information content (AvgIpc) is 1.54. The van der Waals surface area contributed by atoms with E-state index in [0.29, 0.717) is 0 Å². The predicted molar refractivity (Wildman–Crippen MR) is 42.3 cm³/mol. The first kappa shape index (κ1) is 22.8. The van der Waals surface area contributed by atoms with Crippen molar-refractivity contribution in [2.24, 2.45) is 11.5 Å². The molecule has 6 nitrogen and oxygen atoms in total. The predicted octanol–water partition coefficient (Wildman–Crippen LogP) is -3.30. The maximum Gasteiger partial charge on any atom is 2.00 e. The van der Waals surface area contributed by atoms with E-state index < -0.39 is 11.9 Å². The first-order chi connectivity index (χ1) is 5.20. The molecule has 0 heterocycles. The Morgan fingerprint density at radius 2 is 1.08 bits per heavy atom. The summed E-state index contributed by atoms with van der Waals surface area (Å²) in [5, 5.41) is 17.8. The van der Waals surface area contributed by atoms with E-state index in [1.54, 1.807) is 0 Å². The van der Waals surface area contributed by atoms with Crippen molar-refractivity contribution in [3.05, 3.63) is 0 Å². The van der Waals surface area contributed by atoms with Gasteiger partial charge in [-0.2, -0.15) is 0 Å². The summed E-state index contributed by atoms with van der Waals surface area (Å²) in [6.45, 7) is 1.94. The van der Waals surface area contributed by atoms with Crippen LogP contribution in [0.3, 0.4) is 0 Å². The fraction of sp³-hybridized carbons (Fsp3) is 0.400. The minimum absolute atomic E-state index is 0. The molecule has 72 valence electrons. The van der Waals surface area contributed by atoms with E-state index >= 15 is 0 Å². The molecule has 0 aromatic carbocycles. The van der Waals surface area contributed by atoms with Gasteiger partial charge in [0.25, 0.3) is 0 Å². The van der Waals surface area contributed by atoms with E-state index in [0.717, 1.165) is 13.8 Å². The maximum absolute atomic E-state index is 8.89. The Balaban J connectivity index is -0.0000000450. The van der Waals surface area contributed by atoms with Crippen LogP contribution in [-0.4, -0.2) is 17.1 Å². The van der Waals surface area contributed by atoms with Crippen LogP contribution in [0.2, 0.25) is 0 Å². The number of carbonyl (C=O) groups excluding carboxylic acids is 2. The molecule has 0 fully saturated rings. The second kappa shape index (κ2) is 17.4. The Hall–Kier alpha value is -0.747. The van der Waals surface area contributed by atoms with Gasteiger partial charge in [-0.25, -0.2) is 0 Å². The SMILES string of the molecule is CC(=O)[O-].CC(=O)[O-].NC(N)=S.[Zn+2]. The molecule has 0 amide bonds. The molecule has 0 radical (unpaired) electrons. The van der Waals surface area contributed by atoms with Crippen molar-refractivity contribution < 1.29 is 39.3 Å². The molecule has 0 atom stereocenters. The van der Waals surface area contributed by atoms with Crippen LogP contribution < -0.4 is 21.7 Å². The van der Waals surface area contributed by atoms with Gasteiger partial charge in [0.1, 0.15) is 0 Å². The molecular weight excluding hydrogens is 250 g/mol. The molecule has 0 aliphatic carbocycles. The van der Waals surface area contributed by atoms with Gasteiger partial charge in [-0.05, 0) is 26.1 Å². The maximum atomic E-state index is 8.89. The first-order valence-corrected chi connectivity index (χ1v) is 3.01. The van der Waals surface area contributed by atoms with Crippen LogP contribution in [0.25, 0.3) is 0 Å². The summed E-state index contributed by atoms with van der Waals surface area (Å²) in [5.74, 6) is -2.17. The van der Waals surface area contributed by atoms with Gasteiger partial charge in [0, 0.05) is 11.9 Å². The smallest absolute Gasteiger partial charge is 0.550 e. The van der Waals surface area contributed by atoms with Crippen LogP contribution in [0.15, 0.2) is 0 Å². The van der Waals surface area contributed by atoms with Gasteiger partial charge in [0.2, 0.25) is 0 Å². The van der Waals surface area contributed by atoms with Crippen molar-refractivity contribution in [3.8, 4) is 0 Å². The summed E-state index contributed by atoms with van der Waals surface area (Å²) >= 11 is 4.09. The number of rotatable bonds is 0. The van der Waals surface area contributed by atoms with E-state index in [9.17, 15) is 0 Å². The van der Waals surface area contributed by atoms with Crippen molar-refractivity contribution in [2.45, 2.75) is 13.8 Å². The third kappa shape index (κ3) is 1730. The minimum atomic E-state index is -1.08. The Labute approximate surface area is 94.0 Å². The number of carbonyl (C=O) groups is 2. The van der Waals surface area contributed by atoms with Gasteiger partial charge in [-0.1, -0.05) is 0 Å². The summed E-state index contributed by atoms with van der Waals surface area (Å²) in [5.41, 5.74) is 9.24. The fourth-order valence-corrected chi connectivity index (χ4v) is 0. The van der Waals surface area contributed by atoms with Crippen LogP contribution >= 0.6 is 12.2 Å². The Bertz CT molecular complexity index is 124. The standard InChI is InChI=1S/2C2H4O2.CH4N2S.Zn/c2*1-2(3)4;2-1(3)4;/h2*1H3,(H,3,4);(H4,2,3,4);/q;;;+2/p-2. The average molecular weight is 260 g/mol. The number of hydrogen-bond acceptors (Lipinski definition) is 5. The number of carboxylic acids is 2. The third-order valence-corrected chi connectivity index (χ3v) is 0. The topological polar surface area (TPSA) is 132 Å². The number of hydrogen-bond donors (Lipinski definition) is 2. The summed E-state index contributed by atoms with van der Waals surface area (Å²) in [6.07, 6.45) is 0. The van der Waals surface area contributed by atoms with Crippen LogP contribution in [-0.2, 0) is 29.1 Å². The van der Waals surface area contributed by atoms with Gasteiger partial charge >= 0.3 is 19.5 Å². The Morgan fingerprint density at radius 1 is 1.08 bits per heavy atom. The zero-order valence-electron chi connectivity index (χ0n) is 7.40. The Morgan fingerprint density at radius 3 is 1.08 bits per heavy atom. The van der Waals surface area contributed by atoms with Gasteiger partial charge in [-0.3, -0.25) is 0 Å². The van der Waals surface area contributed by atoms with Gasteiger partial charge < -0.3 is 31.3 Å². The Kier molecular flexibility index (Phi) is 30.4. The summed E-state index contributed by atoms with van der Waals surface area (Å²) in [6, 6.07) is 0. The number of aliphatic carboxylic acids is 2. The van der Waals surface area contributed by atoms with E-state index in [-0.39, 0.29) is 24.6 Å². The van der Waals surface area contributed by atoms with E-state index in [1.165, 1.54) is 0 Å². The fourth-order valence-electron chi connectivity index (χ4n) is 0. The van der Waals surface area contributed by atoms with Crippen molar-refractivity contribution in [3.63, 3.8) is 0 Å². The van der Waals surface area contributed by atoms with Crippen molar-refractivity contribution in [1.29, 1.82) is 0 Å². The zero-order valence-corrected chi connectivity index (χ0v) is 11.2. The quantitative estimate of drug-likeness (QED) is 0.344. The number of carboxylic acid groups (broad SMARTS) is 2. The van der Waals surface area contributed by atoms with Crippen LogP contribution in [0.5, 0.6) is 0 Å². The molecule has 13 heavy (non-hydrogen) atoms. The van der Waals surface area contributed by atoms with Crippen LogP contribution in [0, 0.1) is 0 Å². The molecule has 8 heteroatoms. The summed E-state index contributed by atoms with van der Waals surface area (Å²) in [4.78, 5) is 17.8. The number of thiocarbonyl (C=S) groups is 1. The third-order valence-electron chi connectivity index (χ3n) is 0. The van der Waals surface area contributed by atoms with E-state index in [4.69, 9.17) is 19.8 Å². The summed E-state index contributed by atoms with van der Waals surface area (Å²) in [7, 11) is 0. The van der Waals surface area contributed by atoms with Gasteiger partial charge in [0.05, 0.1) is 0 Å². The molecule has 0 saturated carbocycles. The molecule has 0 aliphatic heterocycles. The molecule has 0 unspecified atom stereocenters.